The SMILES string of the molecule is CCCNC(=O)N1CCN(c2cccc(NC(C)=O)c2)CC1. The Morgan fingerprint density at radius 3 is 2.55 bits per heavy atom. The third-order valence-corrected chi connectivity index (χ3v) is 3.62. The molecule has 1 heterocycles. The number of piperazine rings is 1. The molecule has 1 saturated heterocycles. The van der Waals surface area contributed by atoms with Crippen LogP contribution in [0.1, 0.15) is 20.3 Å². The number of nitrogens with one attached hydrogen (secondary N) is 2. The van der Waals surface area contributed by atoms with Gasteiger partial charge in [0.15, 0.2) is 0 Å². The summed E-state index contributed by atoms with van der Waals surface area (Å²) in [6, 6.07) is 7.82. The minimum atomic E-state index is -0.0745. The molecule has 6 nitrogen and oxygen atoms in total. The Morgan fingerprint density at radius 1 is 1.18 bits per heavy atom. The second-order valence-corrected chi connectivity index (χ2v) is 5.44. The molecule has 3 amide bonds. The lowest BCUT2D eigenvalue weighted by Gasteiger charge is -2.36. The van der Waals surface area contributed by atoms with Crippen molar-refractivity contribution in [2.24, 2.45) is 0 Å². The Bertz CT molecular complexity index is 525. The summed E-state index contributed by atoms with van der Waals surface area (Å²) in [5.74, 6) is -0.0745. The van der Waals surface area contributed by atoms with E-state index in [2.05, 4.69) is 15.5 Å². The smallest absolute Gasteiger partial charge is 0.317 e. The summed E-state index contributed by atoms with van der Waals surface area (Å²) in [5.41, 5.74) is 1.87. The van der Waals surface area contributed by atoms with E-state index in [0.29, 0.717) is 13.1 Å². The molecule has 0 aliphatic carbocycles. The molecule has 0 spiro atoms. The van der Waals surface area contributed by atoms with Gasteiger partial charge in [-0.05, 0) is 24.6 Å². The van der Waals surface area contributed by atoms with E-state index >= 15 is 0 Å². The number of anilines is 2. The van der Waals surface area contributed by atoms with Crippen molar-refractivity contribution in [3.8, 4) is 0 Å². The van der Waals surface area contributed by atoms with Crippen LogP contribution in [0, 0.1) is 0 Å². The van der Waals surface area contributed by atoms with Crippen LogP contribution in [0.3, 0.4) is 0 Å². The average Bonchev–Trinajstić information content (AvgIpc) is 2.52. The summed E-state index contributed by atoms with van der Waals surface area (Å²) in [6.07, 6.45) is 0.946. The second-order valence-electron chi connectivity index (χ2n) is 5.44. The molecule has 120 valence electrons. The zero-order valence-corrected chi connectivity index (χ0v) is 13.3. The number of benzene rings is 1. The Kier molecular flexibility index (Phi) is 5.63. The van der Waals surface area contributed by atoms with Crippen molar-refractivity contribution in [3.63, 3.8) is 0 Å². The first kappa shape index (κ1) is 16.1. The Labute approximate surface area is 131 Å². The summed E-state index contributed by atoms with van der Waals surface area (Å²) >= 11 is 0. The van der Waals surface area contributed by atoms with E-state index in [9.17, 15) is 9.59 Å². The molecule has 0 aromatic heterocycles. The van der Waals surface area contributed by atoms with E-state index in [4.69, 9.17) is 0 Å². The topological polar surface area (TPSA) is 64.7 Å². The van der Waals surface area contributed by atoms with E-state index in [-0.39, 0.29) is 11.9 Å². The first-order valence-corrected chi connectivity index (χ1v) is 7.75. The van der Waals surface area contributed by atoms with Gasteiger partial charge in [-0.2, -0.15) is 0 Å². The zero-order chi connectivity index (χ0) is 15.9. The number of carbonyl (C=O) groups is 2. The van der Waals surface area contributed by atoms with Crippen molar-refractivity contribution < 1.29 is 9.59 Å². The lowest BCUT2D eigenvalue weighted by Crippen LogP contribution is -2.52. The first-order chi connectivity index (χ1) is 10.6. The van der Waals surface area contributed by atoms with Crippen LogP contribution in [0.4, 0.5) is 16.2 Å². The lowest BCUT2D eigenvalue weighted by molar-refractivity contribution is -0.114. The summed E-state index contributed by atoms with van der Waals surface area (Å²) in [6.45, 7) is 7.27. The molecule has 1 aliphatic heterocycles. The molecule has 0 bridgehead atoms. The van der Waals surface area contributed by atoms with Gasteiger partial charge in [-0.3, -0.25) is 4.79 Å². The van der Waals surface area contributed by atoms with E-state index in [1.54, 1.807) is 0 Å². The van der Waals surface area contributed by atoms with Crippen LogP contribution in [-0.4, -0.2) is 49.6 Å². The first-order valence-electron chi connectivity index (χ1n) is 7.75. The standard InChI is InChI=1S/C16H24N4O2/c1-3-7-17-16(22)20-10-8-19(9-11-20)15-6-4-5-14(12-15)18-13(2)21/h4-6,12H,3,7-11H2,1-2H3,(H,17,22)(H,18,21). The molecule has 1 aliphatic rings. The maximum absolute atomic E-state index is 11.9. The van der Waals surface area contributed by atoms with Crippen molar-refractivity contribution in [2.45, 2.75) is 20.3 Å². The molecule has 22 heavy (non-hydrogen) atoms. The highest BCUT2D eigenvalue weighted by molar-refractivity contribution is 5.89. The van der Waals surface area contributed by atoms with Crippen LogP contribution in [0.5, 0.6) is 0 Å². The van der Waals surface area contributed by atoms with Crippen molar-refractivity contribution in [1.29, 1.82) is 0 Å². The fraction of sp³-hybridized carbons (Fsp3) is 0.500. The van der Waals surface area contributed by atoms with Crippen LogP contribution >= 0.6 is 0 Å². The highest BCUT2D eigenvalue weighted by Gasteiger charge is 2.20. The summed E-state index contributed by atoms with van der Waals surface area (Å²) in [4.78, 5) is 27.1. The molecule has 0 atom stereocenters. The van der Waals surface area contributed by atoms with Gasteiger partial charge in [-0.1, -0.05) is 13.0 Å². The van der Waals surface area contributed by atoms with Gasteiger partial charge in [0.1, 0.15) is 0 Å². The Hall–Kier alpha value is -2.24. The number of rotatable bonds is 4. The van der Waals surface area contributed by atoms with Crippen LogP contribution < -0.4 is 15.5 Å². The van der Waals surface area contributed by atoms with Crippen LogP contribution in [-0.2, 0) is 4.79 Å². The van der Waals surface area contributed by atoms with Gasteiger partial charge in [0.25, 0.3) is 0 Å². The number of nitrogens with zero attached hydrogens (tertiary/aromatic N) is 2. The van der Waals surface area contributed by atoms with Crippen molar-refractivity contribution in [3.05, 3.63) is 24.3 Å². The lowest BCUT2D eigenvalue weighted by atomic mass is 10.2. The maximum Gasteiger partial charge on any atom is 0.317 e. The van der Waals surface area contributed by atoms with Crippen molar-refractivity contribution in [2.75, 3.05) is 42.9 Å². The number of carbonyl (C=O) groups excluding carboxylic acids is 2. The maximum atomic E-state index is 11.9. The second kappa shape index (κ2) is 7.68. The third-order valence-electron chi connectivity index (χ3n) is 3.62. The number of hydrogen-bond acceptors (Lipinski definition) is 3. The molecule has 2 N–H and O–H groups in total. The van der Waals surface area contributed by atoms with Crippen LogP contribution in [0.25, 0.3) is 0 Å². The van der Waals surface area contributed by atoms with Gasteiger partial charge in [0, 0.05) is 51.0 Å². The van der Waals surface area contributed by atoms with E-state index in [1.807, 2.05) is 36.1 Å². The molecule has 2 rings (SSSR count). The van der Waals surface area contributed by atoms with Crippen molar-refractivity contribution >= 4 is 23.3 Å². The number of urea groups is 1. The minimum absolute atomic E-state index is 0.0218. The zero-order valence-electron chi connectivity index (χ0n) is 13.3. The Morgan fingerprint density at radius 2 is 1.91 bits per heavy atom. The van der Waals surface area contributed by atoms with Gasteiger partial charge in [0.2, 0.25) is 5.91 Å². The highest BCUT2D eigenvalue weighted by Crippen LogP contribution is 2.21. The van der Waals surface area contributed by atoms with Gasteiger partial charge >= 0.3 is 6.03 Å². The van der Waals surface area contributed by atoms with Crippen LogP contribution in [0.2, 0.25) is 0 Å². The number of amides is 3. The third kappa shape index (κ3) is 4.38. The summed E-state index contributed by atoms with van der Waals surface area (Å²) in [7, 11) is 0. The molecule has 0 saturated carbocycles. The van der Waals surface area contributed by atoms with Gasteiger partial charge in [-0.15, -0.1) is 0 Å². The minimum Gasteiger partial charge on any atom is -0.368 e. The summed E-state index contributed by atoms with van der Waals surface area (Å²) < 4.78 is 0. The molecule has 1 aromatic rings. The molecule has 1 aromatic carbocycles. The molecule has 1 fully saturated rings. The van der Waals surface area contributed by atoms with E-state index in [1.165, 1.54) is 6.92 Å². The Balaban J connectivity index is 1.91. The van der Waals surface area contributed by atoms with Gasteiger partial charge in [0.05, 0.1) is 0 Å². The fourth-order valence-corrected chi connectivity index (χ4v) is 2.50. The predicted molar refractivity (Wildman–Crippen MR) is 88.2 cm³/mol. The van der Waals surface area contributed by atoms with Crippen molar-refractivity contribution in [1.82, 2.24) is 10.2 Å². The molecule has 0 radical (unpaired) electrons. The molecular formula is C16H24N4O2. The van der Waals surface area contributed by atoms with E-state index < -0.39 is 0 Å². The molecule has 6 heteroatoms. The largest absolute Gasteiger partial charge is 0.368 e. The van der Waals surface area contributed by atoms with Gasteiger partial charge < -0.3 is 20.4 Å². The average molecular weight is 304 g/mol. The summed E-state index contributed by atoms with van der Waals surface area (Å²) in [5, 5.41) is 5.70. The fourth-order valence-electron chi connectivity index (χ4n) is 2.50. The monoisotopic (exact) mass is 304 g/mol. The normalized spacial score (nSPS) is 14.6. The van der Waals surface area contributed by atoms with Gasteiger partial charge in [-0.25, -0.2) is 4.79 Å². The highest BCUT2D eigenvalue weighted by atomic mass is 16.2. The molecule has 0 unspecified atom stereocenters. The van der Waals surface area contributed by atoms with Crippen LogP contribution in [0.15, 0.2) is 24.3 Å². The van der Waals surface area contributed by atoms with E-state index in [0.717, 1.165) is 37.4 Å². The predicted octanol–water partition coefficient (Wildman–Crippen LogP) is 1.89. The molecular weight excluding hydrogens is 280 g/mol. The quantitative estimate of drug-likeness (QED) is 0.893. The number of hydrogen-bond donors (Lipinski definition) is 2.